The molecule has 0 radical (unpaired) electrons. The number of sulfonamides is 1. The van der Waals surface area contributed by atoms with Crippen LogP contribution in [0.25, 0.3) is 4.91 Å². The normalized spacial score (nSPS) is 15.6. The van der Waals surface area contributed by atoms with Crippen molar-refractivity contribution in [2.75, 3.05) is 19.0 Å². The summed E-state index contributed by atoms with van der Waals surface area (Å²) in [5.74, 6) is -0.750. The van der Waals surface area contributed by atoms with Crippen molar-refractivity contribution in [2.24, 2.45) is 0 Å². The molecule has 1 N–H and O–H groups in total. The van der Waals surface area contributed by atoms with Crippen molar-refractivity contribution < 1.29 is 22.7 Å². The van der Waals surface area contributed by atoms with Crippen LogP contribution in [0.5, 0.6) is 5.75 Å². The first kappa shape index (κ1) is 21.1. The number of hydrogen-bond acceptors (Lipinski definition) is 5. The molecule has 29 heavy (non-hydrogen) atoms. The summed E-state index contributed by atoms with van der Waals surface area (Å²) in [4.78, 5) is 24.9. The molecule has 0 aromatic heterocycles. The first-order valence-electron chi connectivity index (χ1n) is 8.63. The van der Waals surface area contributed by atoms with Crippen molar-refractivity contribution in [2.45, 2.75) is 13.8 Å². The average molecular weight is 479 g/mol. The van der Waals surface area contributed by atoms with Crippen LogP contribution in [-0.4, -0.2) is 38.2 Å². The van der Waals surface area contributed by atoms with E-state index in [4.69, 9.17) is 4.74 Å². The molecule has 0 saturated carbocycles. The number of methoxy groups -OCH3 is 1. The third kappa shape index (κ3) is 4.06. The van der Waals surface area contributed by atoms with Crippen LogP contribution >= 0.6 is 15.9 Å². The molecule has 2 aromatic carbocycles. The zero-order chi connectivity index (χ0) is 21.3. The zero-order valence-corrected chi connectivity index (χ0v) is 18.4. The molecular formula is C20H19BrN2O5S. The van der Waals surface area contributed by atoms with Crippen LogP contribution in [0.2, 0.25) is 0 Å². The van der Waals surface area contributed by atoms with Gasteiger partial charge in [-0.05, 0) is 67.4 Å². The van der Waals surface area contributed by atoms with Gasteiger partial charge < -0.3 is 10.1 Å². The summed E-state index contributed by atoms with van der Waals surface area (Å²) in [6, 6.07) is 11.6. The number of anilines is 1. The number of amides is 2. The molecule has 3 rings (SSSR count). The van der Waals surface area contributed by atoms with Crippen LogP contribution in [0.3, 0.4) is 0 Å². The number of carbonyl (C=O) groups is 2. The number of aryl methyl sites for hydroxylation is 1. The highest BCUT2D eigenvalue weighted by molar-refractivity contribution is 9.10. The minimum absolute atomic E-state index is 0.0717. The Morgan fingerprint density at radius 3 is 2.38 bits per heavy atom. The Morgan fingerprint density at radius 1 is 1.14 bits per heavy atom. The fraction of sp³-hybridized carbons (Fsp3) is 0.200. The van der Waals surface area contributed by atoms with E-state index in [2.05, 4.69) is 21.2 Å². The fourth-order valence-electron chi connectivity index (χ4n) is 3.01. The van der Waals surface area contributed by atoms with Gasteiger partial charge in [-0.15, -0.1) is 0 Å². The second-order valence-electron chi connectivity index (χ2n) is 6.51. The number of nitrogens with zero attached hydrogens (tertiary/aromatic N) is 1. The second-order valence-corrected chi connectivity index (χ2v) is 9.17. The Balaban J connectivity index is 1.83. The number of benzene rings is 2. The maximum absolute atomic E-state index is 13.0. The maximum Gasteiger partial charge on any atom is 0.268 e. The molecule has 1 aliphatic heterocycles. The molecule has 2 amide bonds. The van der Waals surface area contributed by atoms with Gasteiger partial charge in [0.15, 0.2) is 0 Å². The van der Waals surface area contributed by atoms with Crippen LogP contribution in [-0.2, 0) is 19.6 Å². The van der Waals surface area contributed by atoms with Crippen LogP contribution in [0, 0.1) is 6.92 Å². The van der Waals surface area contributed by atoms with E-state index in [9.17, 15) is 18.0 Å². The molecule has 1 aliphatic rings. The molecule has 0 saturated heterocycles. The van der Waals surface area contributed by atoms with E-state index in [0.717, 1.165) is 10.0 Å². The summed E-state index contributed by atoms with van der Waals surface area (Å²) >= 11 is 3.38. The van der Waals surface area contributed by atoms with Gasteiger partial charge in [0.1, 0.15) is 17.2 Å². The van der Waals surface area contributed by atoms with Crippen molar-refractivity contribution in [3.63, 3.8) is 0 Å². The lowest BCUT2D eigenvalue weighted by molar-refractivity contribution is -0.126. The van der Waals surface area contributed by atoms with Gasteiger partial charge in [-0.3, -0.25) is 9.59 Å². The molecular weight excluding hydrogens is 460 g/mol. The van der Waals surface area contributed by atoms with Crippen molar-refractivity contribution in [3.05, 3.63) is 63.6 Å². The van der Waals surface area contributed by atoms with Crippen LogP contribution < -0.4 is 10.1 Å². The molecule has 2 aromatic rings. The Bertz CT molecular complexity index is 1120. The predicted octanol–water partition coefficient (Wildman–Crippen LogP) is 3.31. The van der Waals surface area contributed by atoms with Gasteiger partial charge in [0.25, 0.3) is 15.9 Å². The number of nitrogens with one attached hydrogen (secondary N) is 1. The Kier molecular flexibility index (Phi) is 5.81. The van der Waals surface area contributed by atoms with Crippen LogP contribution in [0.15, 0.2) is 52.5 Å². The molecule has 0 aliphatic carbocycles. The van der Waals surface area contributed by atoms with Crippen molar-refractivity contribution >= 4 is 48.4 Å². The topological polar surface area (TPSA) is 92.8 Å². The molecule has 0 bridgehead atoms. The highest BCUT2D eigenvalue weighted by Crippen LogP contribution is 2.36. The van der Waals surface area contributed by atoms with Crippen LogP contribution in [0.4, 0.5) is 5.69 Å². The molecule has 0 fully saturated rings. The third-order valence-corrected chi connectivity index (χ3v) is 7.34. The Hall–Kier alpha value is -2.65. The van der Waals surface area contributed by atoms with E-state index in [-0.39, 0.29) is 10.5 Å². The lowest BCUT2D eigenvalue weighted by Crippen LogP contribution is -2.38. The van der Waals surface area contributed by atoms with E-state index in [1.807, 2.05) is 6.92 Å². The SMILES string of the molecule is COc1ccc(C2=C(C)C(=O)N(CC(=O)Nc3ccc(Br)c(C)c3)S2(=O)=O)cc1. The van der Waals surface area contributed by atoms with Gasteiger partial charge >= 0.3 is 0 Å². The molecule has 9 heteroatoms. The summed E-state index contributed by atoms with van der Waals surface area (Å²) in [7, 11) is -2.64. The van der Waals surface area contributed by atoms with E-state index >= 15 is 0 Å². The van der Waals surface area contributed by atoms with Crippen molar-refractivity contribution in [1.29, 1.82) is 0 Å². The maximum atomic E-state index is 13.0. The molecule has 0 atom stereocenters. The lowest BCUT2D eigenvalue weighted by atomic mass is 10.1. The smallest absolute Gasteiger partial charge is 0.268 e. The number of hydrogen-bond donors (Lipinski definition) is 1. The highest BCUT2D eigenvalue weighted by Gasteiger charge is 2.43. The first-order valence-corrected chi connectivity index (χ1v) is 10.9. The minimum atomic E-state index is -4.15. The molecule has 0 unspecified atom stereocenters. The second kappa shape index (κ2) is 8.00. The molecule has 152 valence electrons. The Labute approximate surface area is 177 Å². The molecule has 7 nitrogen and oxygen atoms in total. The monoisotopic (exact) mass is 478 g/mol. The van der Waals surface area contributed by atoms with Gasteiger partial charge in [-0.25, -0.2) is 12.7 Å². The predicted molar refractivity (Wildman–Crippen MR) is 114 cm³/mol. The summed E-state index contributed by atoms with van der Waals surface area (Å²) in [6.07, 6.45) is 0. The highest BCUT2D eigenvalue weighted by atomic mass is 79.9. The Morgan fingerprint density at radius 2 is 1.79 bits per heavy atom. The van der Waals surface area contributed by atoms with Gasteiger partial charge in [-0.2, -0.15) is 0 Å². The number of rotatable bonds is 5. The van der Waals surface area contributed by atoms with Crippen molar-refractivity contribution in [3.8, 4) is 5.75 Å². The van der Waals surface area contributed by atoms with Gasteiger partial charge in [0.2, 0.25) is 5.91 Å². The fourth-order valence-corrected chi connectivity index (χ4v) is 5.03. The largest absolute Gasteiger partial charge is 0.497 e. The van der Waals surface area contributed by atoms with Gasteiger partial charge in [-0.1, -0.05) is 15.9 Å². The van der Waals surface area contributed by atoms with E-state index in [0.29, 0.717) is 21.3 Å². The van der Waals surface area contributed by atoms with Gasteiger partial charge in [0.05, 0.1) is 7.11 Å². The van der Waals surface area contributed by atoms with E-state index in [1.54, 1.807) is 42.5 Å². The zero-order valence-electron chi connectivity index (χ0n) is 16.0. The van der Waals surface area contributed by atoms with Crippen molar-refractivity contribution in [1.82, 2.24) is 4.31 Å². The number of ether oxygens (including phenoxy) is 1. The summed E-state index contributed by atoms with van der Waals surface area (Å²) in [6.45, 7) is 2.70. The number of carbonyl (C=O) groups excluding carboxylic acids is 2. The average Bonchev–Trinajstić information content (AvgIpc) is 2.84. The summed E-state index contributed by atoms with van der Waals surface area (Å²) in [5.41, 5.74) is 1.86. The molecule has 1 heterocycles. The first-order chi connectivity index (χ1) is 13.6. The lowest BCUT2D eigenvalue weighted by Gasteiger charge is -2.17. The third-order valence-electron chi connectivity index (χ3n) is 4.52. The summed E-state index contributed by atoms with van der Waals surface area (Å²) < 4.78 is 32.5. The summed E-state index contributed by atoms with van der Waals surface area (Å²) in [5, 5.41) is 2.63. The quantitative estimate of drug-likeness (QED) is 0.711. The number of halogens is 1. The molecule has 0 spiro atoms. The van der Waals surface area contributed by atoms with Crippen LogP contribution in [0.1, 0.15) is 18.1 Å². The van der Waals surface area contributed by atoms with E-state index in [1.165, 1.54) is 14.0 Å². The van der Waals surface area contributed by atoms with E-state index < -0.39 is 28.4 Å². The van der Waals surface area contributed by atoms with Gasteiger partial charge in [0, 0.05) is 15.7 Å². The minimum Gasteiger partial charge on any atom is -0.497 e. The standard InChI is InChI=1S/C20H19BrN2O5S/c1-12-10-15(6-9-17(12)21)22-18(24)11-23-20(25)13(2)19(29(23,26)27)14-4-7-16(28-3)8-5-14/h4-10H,11H2,1-3H3,(H,22,24).